The van der Waals surface area contributed by atoms with Gasteiger partial charge >= 0.3 is 0 Å². The molecule has 1 aliphatic carbocycles. The molecule has 0 aromatic rings. The van der Waals surface area contributed by atoms with Gasteiger partial charge in [-0.2, -0.15) is 0 Å². The van der Waals surface area contributed by atoms with Gasteiger partial charge in [0.2, 0.25) is 5.91 Å². The summed E-state index contributed by atoms with van der Waals surface area (Å²) < 4.78 is 0. The van der Waals surface area contributed by atoms with Crippen LogP contribution in [-0.2, 0) is 4.79 Å². The molecule has 0 aromatic carbocycles. The zero-order chi connectivity index (χ0) is 13.3. The van der Waals surface area contributed by atoms with Gasteiger partial charge in [-0.3, -0.25) is 10.1 Å². The van der Waals surface area contributed by atoms with Crippen LogP contribution in [0.15, 0.2) is 0 Å². The molecule has 3 atom stereocenters. The number of hydrogen-bond acceptors (Lipinski definition) is 2. The van der Waals surface area contributed by atoms with E-state index in [1.54, 1.807) is 0 Å². The van der Waals surface area contributed by atoms with Crippen molar-refractivity contribution in [2.24, 2.45) is 11.8 Å². The van der Waals surface area contributed by atoms with E-state index in [-0.39, 0.29) is 6.04 Å². The van der Waals surface area contributed by atoms with Crippen LogP contribution in [0.1, 0.15) is 59.8 Å². The van der Waals surface area contributed by atoms with Crippen LogP contribution in [0.25, 0.3) is 0 Å². The molecule has 1 saturated heterocycles. The number of carbonyl (C=O) groups is 1. The lowest BCUT2D eigenvalue weighted by atomic mass is 9.99. The minimum atomic E-state index is 0.00483. The second kappa shape index (κ2) is 5.60. The first-order chi connectivity index (χ1) is 8.50. The van der Waals surface area contributed by atoms with E-state index in [9.17, 15) is 4.79 Å². The van der Waals surface area contributed by atoms with E-state index in [0.29, 0.717) is 30.0 Å². The van der Waals surface area contributed by atoms with Crippen LogP contribution in [0.4, 0.5) is 0 Å². The summed E-state index contributed by atoms with van der Waals surface area (Å²) >= 11 is 0. The van der Waals surface area contributed by atoms with Crippen LogP contribution in [0.5, 0.6) is 0 Å². The average Bonchev–Trinajstić information content (AvgIpc) is 2.87. The quantitative estimate of drug-likeness (QED) is 0.834. The molecule has 1 N–H and O–H groups in total. The zero-order valence-corrected chi connectivity index (χ0v) is 12.3. The van der Waals surface area contributed by atoms with Crippen molar-refractivity contribution in [2.75, 3.05) is 0 Å². The summed E-state index contributed by atoms with van der Waals surface area (Å²) in [5.41, 5.74) is 0. The molecule has 3 unspecified atom stereocenters. The Morgan fingerprint density at radius 2 is 1.89 bits per heavy atom. The molecule has 2 fully saturated rings. The molecule has 3 nitrogen and oxygen atoms in total. The molecule has 0 aromatic heterocycles. The fourth-order valence-electron chi connectivity index (χ4n) is 3.69. The summed E-state index contributed by atoms with van der Waals surface area (Å²) in [6, 6.07) is 0.366. The highest BCUT2D eigenvalue weighted by molar-refractivity contribution is 5.84. The first-order valence-corrected chi connectivity index (χ1v) is 7.59. The lowest BCUT2D eigenvalue weighted by Gasteiger charge is -2.34. The second-order valence-corrected chi connectivity index (χ2v) is 6.60. The summed E-state index contributed by atoms with van der Waals surface area (Å²) in [5, 5.41) is 3.53. The fourth-order valence-corrected chi connectivity index (χ4v) is 3.69. The number of hydrogen-bond donors (Lipinski definition) is 1. The Bertz CT molecular complexity index is 297. The topological polar surface area (TPSA) is 32.3 Å². The standard InChI is InChI=1S/C15H28N2O/c1-10(2)9-11(3)17-14(13-7-5-6-8-13)16-12(4)15(17)18/h10-14,16H,5-9H2,1-4H3. The van der Waals surface area contributed by atoms with Gasteiger partial charge < -0.3 is 4.90 Å². The van der Waals surface area contributed by atoms with Gasteiger partial charge in [0, 0.05) is 6.04 Å². The summed E-state index contributed by atoms with van der Waals surface area (Å²) in [6.45, 7) is 8.68. The summed E-state index contributed by atoms with van der Waals surface area (Å²) in [5.74, 6) is 1.63. The van der Waals surface area contributed by atoms with E-state index >= 15 is 0 Å². The smallest absolute Gasteiger partial charge is 0.240 e. The number of rotatable bonds is 4. The third kappa shape index (κ3) is 2.71. The molecule has 2 rings (SSSR count). The molecule has 0 spiro atoms. The summed E-state index contributed by atoms with van der Waals surface area (Å²) in [7, 11) is 0. The normalized spacial score (nSPS) is 31.6. The van der Waals surface area contributed by atoms with Crippen LogP contribution < -0.4 is 5.32 Å². The van der Waals surface area contributed by atoms with Crippen LogP contribution >= 0.6 is 0 Å². The molecule has 1 aliphatic heterocycles. The predicted octanol–water partition coefficient (Wildman–Crippen LogP) is 2.76. The van der Waals surface area contributed by atoms with Crippen LogP contribution in [0.3, 0.4) is 0 Å². The van der Waals surface area contributed by atoms with Gasteiger partial charge in [0.15, 0.2) is 0 Å². The lowest BCUT2D eigenvalue weighted by Crippen LogP contribution is -2.47. The maximum absolute atomic E-state index is 12.4. The Kier molecular flexibility index (Phi) is 4.31. The Hall–Kier alpha value is -0.570. The van der Waals surface area contributed by atoms with Gasteiger partial charge in [0.25, 0.3) is 0 Å². The van der Waals surface area contributed by atoms with Crippen molar-refractivity contribution in [1.82, 2.24) is 10.2 Å². The van der Waals surface area contributed by atoms with Crippen LogP contribution in [-0.4, -0.2) is 29.1 Å². The molecular formula is C15H28N2O. The third-order valence-corrected chi connectivity index (χ3v) is 4.48. The van der Waals surface area contributed by atoms with Gasteiger partial charge in [-0.05, 0) is 44.9 Å². The number of nitrogens with one attached hydrogen (secondary N) is 1. The van der Waals surface area contributed by atoms with Crippen molar-refractivity contribution in [3.8, 4) is 0 Å². The molecule has 0 bridgehead atoms. The molecule has 3 heteroatoms. The van der Waals surface area contributed by atoms with Crippen molar-refractivity contribution in [1.29, 1.82) is 0 Å². The molecule has 104 valence electrons. The van der Waals surface area contributed by atoms with Crippen molar-refractivity contribution in [3.63, 3.8) is 0 Å². The van der Waals surface area contributed by atoms with E-state index in [4.69, 9.17) is 0 Å². The van der Waals surface area contributed by atoms with Crippen molar-refractivity contribution in [2.45, 2.75) is 78.0 Å². The van der Waals surface area contributed by atoms with E-state index in [1.807, 2.05) is 6.92 Å². The van der Waals surface area contributed by atoms with Gasteiger partial charge in [0.1, 0.15) is 0 Å². The number of nitrogens with zero attached hydrogens (tertiary/aromatic N) is 1. The molecule has 2 aliphatic rings. The Balaban J connectivity index is 2.09. The summed E-state index contributed by atoms with van der Waals surface area (Å²) in [4.78, 5) is 14.5. The zero-order valence-electron chi connectivity index (χ0n) is 12.3. The molecule has 1 amide bonds. The molecule has 18 heavy (non-hydrogen) atoms. The van der Waals surface area contributed by atoms with Gasteiger partial charge in [-0.25, -0.2) is 0 Å². The van der Waals surface area contributed by atoms with E-state index in [1.165, 1.54) is 25.7 Å². The van der Waals surface area contributed by atoms with Crippen molar-refractivity contribution < 1.29 is 4.79 Å². The first-order valence-electron chi connectivity index (χ1n) is 7.59. The highest BCUT2D eigenvalue weighted by Gasteiger charge is 2.43. The lowest BCUT2D eigenvalue weighted by molar-refractivity contribution is -0.132. The summed E-state index contributed by atoms with van der Waals surface area (Å²) in [6.07, 6.45) is 6.62. The maximum Gasteiger partial charge on any atom is 0.240 e. The minimum absolute atomic E-state index is 0.00483. The highest BCUT2D eigenvalue weighted by Crippen LogP contribution is 2.33. The molecule has 0 radical (unpaired) electrons. The van der Waals surface area contributed by atoms with Gasteiger partial charge in [-0.15, -0.1) is 0 Å². The highest BCUT2D eigenvalue weighted by atomic mass is 16.2. The minimum Gasteiger partial charge on any atom is -0.323 e. The average molecular weight is 252 g/mol. The number of carbonyl (C=O) groups excluding carboxylic acids is 1. The van der Waals surface area contributed by atoms with E-state index in [2.05, 4.69) is 31.0 Å². The molecule has 1 saturated carbocycles. The Labute approximate surface area is 111 Å². The molecule has 1 heterocycles. The van der Waals surface area contributed by atoms with E-state index in [0.717, 1.165) is 6.42 Å². The second-order valence-electron chi connectivity index (χ2n) is 6.60. The largest absolute Gasteiger partial charge is 0.323 e. The Morgan fingerprint density at radius 1 is 1.28 bits per heavy atom. The van der Waals surface area contributed by atoms with Crippen LogP contribution in [0, 0.1) is 11.8 Å². The van der Waals surface area contributed by atoms with Gasteiger partial charge in [0.05, 0.1) is 12.2 Å². The fraction of sp³-hybridized carbons (Fsp3) is 0.933. The van der Waals surface area contributed by atoms with Crippen LogP contribution in [0.2, 0.25) is 0 Å². The third-order valence-electron chi connectivity index (χ3n) is 4.48. The van der Waals surface area contributed by atoms with Crippen molar-refractivity contribution in [3.05, 3.63) is 0 Å². The van der Waals surface area contributed by atoms with E-state index < -0.39 is 0 Å². The van der Waals surface area contributed by atoms with Crippen molar-refractivity contribution >= 4 is 5.91 Å². The maximum atomic E-state index is 12.4. The Morgan fingerprint density at radius 3 is 2.44 bits per heavy atom. The SMILES string of the molecule is CC(C)CC(C)N1C(=O)C(C)NC1C1CCCC1. The monoisotopic (exact) mass is 252 g/mol. The first kappa shape index (κ1) is 13.9. The van der Waals surface area contributed by atoms with Gasteiger partial charge in [-0.1, -0.05) is 26.7 Å². The molecular weight excluding hydrogens is 224 g/mol. The number of amides is 1. The predicted molar refractivity (Wildman–Crippen MR) is 74.1 cm³/mol.